The Labute approximate surface area is 103 Å². The molecule has 0 saturated carbocycles. The second kappa shape index (κ2) is 5.15. The summed E-state index contributed by atoms with van der Waals surface area (Å²) in [5.41, 5.74) is 2.59. The number of hydrogen-bond acceptors (Lipinski definition) is 2. The van der Waals surface area contributed by atoms with Crippen LogP contribution < -0.4 is 0 Å². The molecule has 2 rings (SSSR count). The lowest BCUT2D eigenvalue weighted by atomic mass is 10.1. The fraction of sp³-hybridized carbons (Fsp3) is 0.357. The van der Waals surface area contributed by atoms with Crippen molar-refractivity contribution < 1.29 is 0 Å². The zero-order valence-corrected chi connectivity index (χ0v) is 10.7. The standard InChI is InChI=1S/C14H19N3/c1-12(14-5-4-7-15-9-14)17(3)11-13-6-8-16(2)10-13/h4-10,12H,11H2,1-3H3/t12-/m1/s1. The molecule has 0 N–H and O–H groups in total. The topological polar surface area (TPSA) is 21.1 Å². The minimum absolute atomic E-state index is 0.379. The van der Waals surface area contributed by atoms with E-state index in [1.165, 1.54) is 11.1 Å². The largest absolute Gasteiger partial charge is 0.357 e. The summed E-state index contributed by atoms with van der Waals surface area (Å²) >= 11 is 0. The number of aromatic nitrogens is 2. The second-order valence-electron chi connectivity index (χ2n) is 4.56. The highest BCUT2D eigenvalue weighted by Gasteiger charge is 2.12. The summed E-state index contributed by atoms with van der Waals surface area (Å²) in [5, 5.41) is 0. The van der Waals surface area contributed by atoms with Crippen molar-refractivity contribution in [2.24, 2.45) is 7.05 Å². The van der Waals surface area contributed by atoms with Gasteiger partial charge in [-0.2, -0.15) is 0 Å². The zero-order valence-electron chi connectivity index (χ0n) is 10.7. The van der Waals surface area contributed by atoms with Crippen molar-refractivity contribution in [2.75, 3.05) is 7.05 Å². The minimum Gasteiger partial charge on any atom is -0.357 e. The molecule has 2 aromatic heterocycles. The van der Waals surface area contributed by atoms with Gasteiger partial charge in [-0.25, -0.2) is 0 Å². The van der Waals surface area contributed by atoms with E-state index >= 15 is 0 Å². The van der Waals surface area contributed by atoms with Gasteiger partial charge in [0.05, 0.1) is 0 Å². The second-order valence-corrected chi connectivity index (χ2v) is 4.56. The fourth-order valence-electron chi connectivity index (χ4n) is 1.96. The van der Waals surface area contributed by atoms with Gasteiger partial charge in [0.1, 0.15) is 0 Å². The molecule has 2 aromatic rings. The van der Waals surface area contributed by atoms with Crippen molar-refractivity contribution in [1.82, 2.24) is 14.5 Å². The molecule has 3 nitrogen and oxygen atoms in total. The normalized spacial score (nSPS) is 12.9. The summed E-state index contributed by atoms with van der Waals surface area (Å²) in [6.45, 7) is 3.16. The van der Waals surface area contributed by atoms with E-state index in [1.54, 1.807) is 0 Å². The lowest BCUT2D eigenvalue weighted by molar-refractivity contribution is 0.252. The highest BCUT2D eigenvalue weighted by atomic mass is 15.1. The van der Waals surface area contributed by atoms with E-state index in [4.69, 9.17) is 0 Å². The molecule has 3 heteroatoms. The Morgan fingerprint density at radius 1 is 1.41 bits per heavy atom. The van der Waals surface area contributed by atoms with Gasteiger partial charge in [-0.1, -0.05) is 6.07 Å². The van der Waals surface area contributed by atoms with Crippen LogP contribution in [0, 0.1) is 0 Å². The summed E-state index contributed by atoms with van der Waals surface area (Å²) < 4.78 is 2.08. The van der Waals surface area contributed by atoms with E-state index in [0.29, 0.717) is 6.04 Å². The maximum Gasteiger partial charge on any atom is 0.0335 e. The molecular formula is C14H19N3. The van der Waals surface area contributed by atoms with Gasteiger partial charge in [0.25, 0.3) is 0 Å². The molecule has 90 valence electrons. The van der Waals surface area contributed by atoms with E-state index in [2.05, 4.69) is 52.9 Å². The summed E-state index contributed by atoms with van der Waals surface area (Å²) in [7, 11) is 4.19. The van der Waals surface area contributed by atoms with Gasteiger partial charge in [-0.15, -0.1) is 0 Å². The van der Waals surface area contributed by atoms with E-state index in [1.807, 2.05) is 25.5 Å². The molecule has 0 aliphatic heterocycles. The third-order valence-corrected chi connectivity index (χ3v) is 3.15. The Morgan fingerprint density at radius 2 is 2.24 bits per heavy atom. The van der Waals surface area contributed by atoms with Gasteiger partial charge in [-0.3, -0.25) is 9.88 Å². The van der Waals surface area contributed by atoms with E-state index < -0.39 is 0 Å². The van der Waals surface area contributed by atoms with Crippen LogP contribution in [0.2, 0.25) is 0 Å². The first-order chi connectivity index (χ1) is 8.16. The number of nitrogens with zero attached hydrogens (tertiary/aromatic N) is 3. The van der Waals surface area contributed by atoms with Gasteiger partial charge in [0.15, 0.2) is 0 Å². The van der Waals surface area contributed by atoms with Crippen LogP contribution in [0.4, 0.5) is 0 Å². The van der Waals surface area contributed by atoms with Crippen LogP contribution in [0.5, 0.6) is 0 Å². The molecular weight excluding hydrogens is 210 g/mol. The van der Waals surface area contributed by atoms with Crippen LogP contribution in [-0.2, 0) is 13.6 Å². The molecule has 0 aromatic carbocycles. The van der Waals surface area contributed by atoms with Crippen molar-refractivity contribution in [2.45, 2.75) is 19.5 Å². The van der Waals surface area contributed by atoms with Gasteiger partial charge >= 0.3 is 0 Å². The lowest BCUT2D eigenvalue weighted by Gasteiger charge is -2.24. The zero-order chi connectivity index (χ0) is 12.3. The van der Waals surface area contributed by atoms with Crippen LogP contribution in [0.25, 0.3) is 0 Å². The maximum absolute atomic E-state index is 4.17. The average Bonchev–Trinajstić information content (AvgIpc) is 2.75. The van der Waals surface area contributed by atoms with Gasteiger partial charge in [-0.05, 0) is 37.2 Å². The van der Waals surface area contributed by atoms with E-state index in [9.17, 15) is 0 Å². The third kappa shape index (κ3) is 2.94. The van der Waals surface area contributed by atoms with Crippen molar-refractivity contribution in [3.05, 3.63) is 54.1 Å². The number of pyridine rings is 1. The number of rotatable bonds is 4. The average molecular weight is 229 g/mol. The van der Waals surface area contributed by atoms with Gasteiger partial charge < -0.3 is 4.57 Å². The number of hydrogen-bond donors (Lipinski definition) is 0. The van der Waals surface area contributed by atoms with Crippen molar-refractivity contribution >= 4 is 0 Å². The van der Waals surface area contributed by atoms with Gasteiger partial charge in [0, 0.05) is 44.4 Å². The van der Waals surface area contributed by atoms with Crippen molar-refractivity contribution in [3.63, 3.8) is 0 Å². The Kier molecular flexibility index (Phi) is 3.59. The van der Waals surface area contributed by atoms with Crippen LogP contribution in [0.15, 0.2) is 43.0 Å². The third-order valence-electron chi connectivity index (χ3n) is 3.15. The molecule has 17 heavy (non-hydrogen) atoms. The molecule has 0 radical (unpaired) electrons. The van der Waals surface area contributed by atoms with Crippen LogP contribution in [-0.4, -0.2) is 21.5 Å². The molecule has 0 aliphatic carbocycles. The molecule has 0 spiro atoms. The van der Waals surface area contributed by atoms with Crippen molar-refractivity contribution in [3.8, 4) is 0 Å². The van der Waals surface area contributed by atoms with Crippen LogP contribution in [0.3, 0.4) is 0 Å². The predicted molar refractivity (Wildman–Crippen MR) is 69.5 cm³/mol. The Hall–Kier alpha value is -1.61. The lowest BCUT2D eigenvalue weighted by Crippen LogP contribution is -2.21. The molecule has 0 unspecified atom stereocenters. The predicted octanol–water partition coefficient (Wildman–Crippen LogP) is 2.61. The molecule has 0 saturated heterocycles. The fourth-order valence-corrected chi connectivity index (χ4v) is 1.96. The summed E-state index contributed by atoms with van der Waals surface area (Å²) in [5.74, 6) is 0. The molecule has 0 aliphatic rings. The molecule has 1 atom stereocenters. The first-order valence-electron chi connectivity index (χ1n) is 5.88. The smallest absolute Gasteiger partial charge is 0.0335 e. The first kappa shape index (κ1) is 11.9. The van der Waals surface area contributed by atoms with Crippen LogP contribution >= 0.6 is 0 Å². The Morgan fingerprint density at radius 3 is 2.82 bits per heavy atom. The minimum atomic E-state index is 0.379. The molecule has 0 fully saturated rings. The first-order valence-corrected chi connectivity index (χ1v) is 5.88. The van der Waals surface area contributed by atoms with Crippen LogP contribution in [0.1, 0.15) is 24.1 Å². The summed E-state index contributed by atoms with van der Waals surface area (Å²) in [6, 6.07) is 6.65. The number of aryl methyl sites for hydroxylation is 1. The molecule has 0 bridgehead atoms. The molecule has 2 heterocycles. The highest BCUT2D eigenvalue weighted by molar-refractivity contribution is 5.15. The summed E-state index contributed by atoms with van der Waals surface area (Å²) in [4.78, 5) is 6.49. The highest BCUT2D eigenvalue weighted by Crippen LogP contribution is 2.19. The Balaban J connectivity index is 2.03. The Bertz CT molecular complexity index is 461. The van der Waals surface area contributed by atoms with E-state index in [-0.39, 0.29) is 0 Å². The SMILES string of the molecule is C[C@H](c1cccnc1)N(C)Cc1ccn(C)c1. The molecule has 0 amide bonds. The van der Waals surface area contributed by atoms with Gasteiger partial charge in [0.2, 0.25) is 0 Å². The quantitative estimate of drug-likeness (QED) is 0.803. The summed E-state index contributed by atoms with van der Waals surface area (Å²) in [6.07, 6.45) is 7.99. The van der Waals surface area contributed by atoms with Crippen molar-refractivity contribution in [1.29, 1.82) is 0 Å². The monoisotopic (exact) mass is 229 g/mol. The van der Waals surface area contributed by atoms with E-state index in [0.717, 1.165) is 6.54 Å². The maximum atomic E-state index is 4.17.